The van der Waals surface area contributed by atoms with Gasteiger partial charge in [-0.15, -0.1) is 0 Å². The molecular weight excluding hydrogens is 428 g/mol. The van der Waals surface area contributed by atoms with Crippen molar-refractivity contribution in [3.05, 3.63) is 77.4 Å². The van der Waals surface area contributed by atoms with Crippen molar-refractivity contribution in [3.8, 4) is 17.1 Å². The van der Waals surface area contributed by atoms with Gasteiger partial charge in [-0.1, -0.05) is 23.7 Å². The number of rotatable bonds is 7. The van der Waals surface area contributed by atoms with E-state index < -0.39 is 0 Å². The van der Waals surface area contributed by atoms with Gasteiger partial charge in [-0.25, -0.2) is 4.68 Å². The van der Waals surface area contributed by atoms with Gasteiger partial charge in [0.1, 0.15) is 0 Å². The van der Waals surface area contributed by atoms with Gasteiger partial charge in [-0.3, -0.25) is 4.79 Å². The lowest BCUT2D eigenvalue weighted by molar-refractivity contribution is 0.0950. The third-order valence-electron chi connectivity index (χ3n) is 6.34. The number of hydrogen-bond acceptors (Lipinski definition) is 6. The van der Waals surface area contributed by atoms with E-state index >= 15 is 0 Å². The van der Waals surface area contributed by atoms with Crippen LogP contribution >= 0.6 is 0 Å². The van der Waals surface area contributed by atoms with Gasteiger partial charge < -0.3 is 14.7 Å². The highest BCUT2D eigenvalue weighted by Crippen LogP contribution is 2.36. The van der Waals surface area contributed by atoms with Crippen LogP contribution < -0.4 is 10.2 Å². The maximum Gasteiger partial charge on any atom is 0.255 e. The molecule has 1 N–H and O–H groups in total. The van der Waals surface area contributed by atoms with E-state index in [1.807, 2.05) is 74.4 Å². The molecule has 0 bridgehead atoms. The van der Waals surface area contributed by atoms with Gasteiger partial charge in [0.15, 0.2) is 0 Å². The Hall–Kier alpha value is -3.94. The van der Waals surface area contributed by atoms with Crippen LogP contribution in [0.5, 0.6) is 0 Å². The second-order valence-corrected chi connectivity index (χ2v) is 8.95. The maximum absolute atomic E-state index is 12.8. The monoisotopic (exact) mass is 456 g/mol. The average molecular weight is 457 g/mol. The van der Waals surface area contributed by atoms with Crippen LogP contribution in [0.25, 0.3) is 17.1 Å². The molecule has 1 fully saturated rings. The van der Waals surface area contributed by atoms with E-state index in [9.17, 15) is 4.79 Å². The number of carbonyl (C=O) groups is 1. The zero-order chi connectivity index (χ0) is 23.7. The molecule has 0 spiro atoms. The summed E-state index contributed by atoms with van der Waals surface area (Å²) in [4.78, 5) is 19.4. The summed E-state index contributed by atoms with van der Waals surface area (Å²) in [6, 6.07) is 15.9. The molecule has 1 aliphatic carbocycles. The molecule has 8 nitrogen and oxygen atoms in total. The molecule has 174 valence electrons. The molecule has 0 saturated heterocycles. The Morgan fingerprint density at radius 3 is 2.50 bits per heavy atom. The summed E-state index contributed by atoms with van der Waals surface area (Å²) in [7, 11) is 4.00. The fourth-order valence-corrected chi connectivity index (χ4v) is 3.94. The molecule has 1 aliphatic rings. The first-order chi connectivity index (χ1) is 16.5. The summed E-state index contributed by atoms with van der Waals surface area (Å²) in [5.41, 5.74) is 5.14. The minimum atomic E-state index is -0.146. The van der Waals surface area contributed by atoms with Crippen molar-refractivity contribution in [2.75, 3.05) is 19.0 Å². The van der Waals surface area contributed by atoms with Crippen LogP contribution in [0.3, 0.4) is 0 Å². The van der Waals surface area contributed by atoms with Crippen LogP contribution in [0.2, 0.25) is 0 Å². The number of aromatic nitrogens is 4. The van der Waals surface area contributed by atoms with Gasteiger partial charge in [0.05, 0.1) is 16.9 Å². The highest BCUT2D eigenvalue weighted by molar-refractivity contribution is 5.95. The van der Waals surface area contributed by atoms with E-state index in [2.05, 4.69) is 20.6 Å². The minimum absolute atomic E-state index is 0.146. The molecule has 1 saturated carbocycles. The van der Waals surface area contributed by atoms with Crippen molar-refractivity contribution < 1.29 is 9.32 Å². The molecular formula is C26H28N6O2. The van der Waals surface area contributed by atoms with E-state index in [4.69, 9.17) is 4.52 Å². The van der Waals surface area contributed by atoms with Crippen molar-refractivity contribution in [3.63, 3.8) is 0 Å². The topological polar surface area (TPSA) is 89.1 Å². The third-order valence-corrected chi connectivity index (χ3v) is 6.34. The number of aryl methyl sites for hydroxylation is 1. The number of benzene rings is 2. The van der Waals surface area contributed by atoms with Gasteiger partial charge in [-0.2, -0.15) is 10.1 Å². The lowest BCUT2D eigenvalue weighted by atomic mass is 9.85. The SMILES string of the molecule is Cc1nn(-c2ccc(-c3noc(C4CCC4)n3)cc2)cc1C(=O)NCc1ccc(N(C)C)cc1. The van der Waals surface area contributed by atoms with Crippen molar-refractivity contribution in [2.24, 2.45) is 0 Å². The molecule has 34 heavy (non-hydrogen) atoms. The molecule has 8 heteroatoms. The van der Waals surface area contributed by atoms with E-state index in [0.29, 0.717) is 29.5 Å². The Bertz CT molecular complexity index is 1280. The number of nitrogens with one attached hydrogen (secondary N) is 1. The first-order valence-electron chi connectivity index (χ1n) is 11.5. The van der Waals surface area contributed by atoms with Crippen LogP contribution in [-0.2, 0) is 6.54 Å². The number of anilines is 1. The van der Waals surface area contributed by atoms with Gasteiger partial charge in [0.25, 0.3) is 5.91 Å². The van der Waals surface area contributed by atoms with Crippen LogP contribution in [0.15, 0.2) is 59.3 Å². The summed E-state index contributed by atoms with van der Waals surface area (Å²) in [5.74, 6) is 1.60. The minimum Gasteiger partial charge on any atom is -0.378 e. The Balaban J connectivity index is 1.25. The van der Waals surface area contributed by atoms with Crippen LogP contribution in [0, 0.1) is 6.92 Å². The van der Waals surface area contributed by atoms with Gasteiger partial charge in [0, 0.05) is 44.0 Å². The summed E-state index contributed by atoms with van der Waals surface area (Å²) < 4.78 is 7.15. The van der Waals surface area contributed by atoms with Crippen molar-refractivity contribution in [1.29, 1.82) is 0 Å². The normalized spacial score (nSPS) is 13.5. The molecule has 0 aliphatic heterocycles. The van der Waals surface area contributed by atoms with Crippen molar-refractivity contribution in [2.45, 2.75) is 38.6 Å². The van der Waals surface area contributed by atoms with Crippen LogP contribution in [0.1, 0.15) is 52.7 Å². The quantitative estimate of drug-likeness (QED) is 0.441. The number of amides is 1. The molecule has 0 radical (unpaired) electrons. The predicted molar refractivity (Wildman–Crippen MR) is 130 cm³/mol. The van der Waals surface area contributed by atoms with E-state index in [1.165, 1.54) is 6.42 Å². The highest BCUT2D eigenvalue weighted by atomic mass is 16.5. The Morgan fingerprint density at radius 1 is 1.12 bits per heavy atom. The molecule has 2 aromatic heterocycles. The number of hydrogen-bond donors (Lipinski definition) is 1. The predicted octanol–water partition coefficient (Wildman–Crippen LogP) is 4.49. The summed E-state index contributed by atoms with van der Waals surface area (Å²) >= 11 is 0. The Morgan fingerprint density at radius 2 is 1.85 bits per heavy atom. The smallest absolute Gasteiger partial charge is 0.255 e. The average Bonchev–Trinajstić information content (AvgIpc) is 3.44. The maximum atomic E-state index is 12.8. The fourth-order valence-electron chi connectivity index (χ4n) is 3.94. The first-order valence-corrected chi connectivity index (χ1v) is 11.5. The van der Waals surface area contributed by atoms with Gasteiger partial charge in [0.2, 0.25) is 11.7 Å². The van der Waals surface area contributed by atoms with Gasteiger partial charge >= 0.3 is 0 Å². The lowest BCUT2D eigenvalue weighted by Gasteiger charge is -2.20. The molecule has 4 aromatic rings. The second-order valence-electron chi connectivity index (χ2n) is 8.95. The molecule has 0 atom stereocenters. The third kappa shape index (κ3) is 4.44. The van der Waals surface area contributed by atoms with Crippen LogP contribution in [0.4, 0.5) is 5.69 Å². The number of nitrogens with zero attached hydrogens (tertiary/aromatic N) is 5. The molecule has 2 aromatic carbocycles. The molecule has 5 rings (SSSR count). The fraction of sp³-hybridized carbons (Fsp3) is 0.308. The molecule has 0 unspecified atom stereocenters. The zero-order valence-electron chi connectivity index (χ0n) is 19.7. The highest BCUT2D eigenvalue weighted by Gasteiger charge is 2.25. The Labute approximate surface area is 198 Å². The van der Waals surface area contributed by atoms with Gasteiger partial charge in [-0.05, 0) is 61.7 Å². The Kier molecular flexibility index (Phi) is 5.88. The second kappa shape index (κ2) is 9.13. The van der Waals surface area contributed by atoms with Crippen molar-refractivity contribution in [1.82, 2.24) is 25.2 Å². The largest absolute Gasteiger partial charge is 0.378 e. The summed E-state index contributed by atoms with van der Waals surface area (Å²) in [6.07, 6.45) is 5.23. The summed E-state index contributed by atoms with van der Waals surface area (Å²) in [5, 5.41) is 11.7. The van der Waals surface area contributed by atoms with E-state index in [1.54, 1.807) is 10.9 Å². The molecule has 2 heterocycles. The van der Waals surface area contributed by atoms with Crippen LogP contribution in [-0.4, -0.2) is 39.9 Å². The van der Waals surface area contributed by atoms with Crippen molar-refractivity contribution >= 4 is 11.6 Å². The molecule has 1 amide bonds. The lowest BCUT2D eigenvalue weighted by Crippen LogP contribution is -2.23. The van der Waals surface area contributed by atoms with E-state index in [-0.39, 0.29) is 5.91 Å². The standard InChI is InChI=1S/C26H28N6O2/c1-17-23(25(33)27-15-18-7-11-21(12-8-18)31(2)3)16-32(29-17)22-13-9-19(10-14-22)24-28-26(34-30-24)20-5-4-6-20/h7-14,16,20H,4-6,15H2,1-3H3,(H,27,33). The summed E-state index contributed by atoms with van der Waals surface area (Å²) in [6.45, 7) is 2.30. The van der Waals surface area contributed by atoms with E-state index in [0.717, 1.165) is 41.2 Å². The first kappa shape index (κ1) is 21.9. The number of carbonyl (C=O) groups excluding carboxylic acids is 1. The zero-order valence-corrected chi connectivity index (χ0v) is 19.7.